The maximum absolute atomic E-state index is 9.22. The number of nitrogens with zero attached hydrogens (tertiary/aromatic N) is 5. The summed E-state index contributed by atoms with van der Waals surface area (Å²) < 4.78 is 11.0. The van der Waals surface area contributed by atoms with Gasteiger partial charge in [-0.15, -0.1) is 0 Å². The van der Waals surface area contributed by atoms with Gasteiger partial charge in [0, 0.05) is 49.6 Å². The number of hydrogen-bond donors (Lipinski definition) is 0. The molecule has 0 amide bonds. The van der Waals surface area contributed by atoms with E-state index in [4.69, 9.17) is 9.47 Å². The third-order valence-corrected chi connectivity index (χ3v) is 7.84. The third-order valence-electron chi connectivity index (χ3n) is 7.84. The van der Waals surface area contributed by atoms with Gasteiger partial charge in [-0.3, -0.25) is 4.90 Å². The van der Waals surface area contributed by atoms with Crippen molar-refractivity contribution in [1.29, 1.82) is 5.26 Å². The summed E-state index contributed by atoms with van der Waals surface area (Å²) in [5.41, 5.74) is 5.37. The number of aromatic nitrogens is 2. The molecule has 3 aromatic rings. The van der Waals surface area contributed by atoms with E-state index in [0.717, 1.165) is 43.0 Å². The predicted octanol–water partition coefficient (Wildman–Crippen LogP) is 4.66. The van der Waals surface area contributed by atoms with Crippen molar-refractivity contribution in [3.63, 3.8) is 0 Å². The van der Waals surface area contributed by atoms with E-state index in [2.05, 4.69) is 86.2 Å². The highest BCUT2D eigenvalue weighted by atomic mass is 16.5. The molecule has 40 heavy (non-hydrogen) atoms. The SMILES string of the molecule is COc1ncnc(C[C@H](CN2CC(C#N)C2)c2ccc(C#Cc3ccc(CN4CCCCC4)cc3)cc2)c1OC. The summed E-state index contributed by atoms with van der Waals surface area (Å²) in [5.74, 6) is 7.93. The molecule has 2 fully saturated rings. The molecule has 0 spiro atoms. The van der Waals surface area contributed by atoms with E-state index in [-0.39, 0.29) is 11.8 Å². The first kappa shape index (κ1) is 27.6. The van der Waals surface area contributed by atoms with Gasteiger partial charge in [-0.05, 0) is 61.3 Å². The minimum atomic E-state index is 0.116. The van der Waals surface area contributed by atoms with Crippen molar-refractivity contribution in [3.05, 3.63) is 82.8 Å². The van der Waals surface area contributed by atoms with Crippen molar-refractivity contribution in [1.82, 2.24) is 19.8 Å². The van der Waals surface area contributed by atoms with Crippen LogP contribution in [0.15, 0.2) is 54.9 Å². The van der Waals surface area contributed by atoms with Crippen LogP contribution in [0.5, 0.6) is 11.6 Å². The number of likely N-dealkylation sites (tertiary alicyclic amines) is 2. The van der Waals surface area contributed by atoms with E-state index in [9.17, 15) is 5.26 Å². The van der Waals surface area contributed by atoms with Crippen molar-refractivity contribution < 1.29 is 9.47 Å². The quantitative estimate of drug-likeness (QED) is 0.369. The number of hydrogen-bond acceptors (Lipinski definition) is 7. The fraction of sp³-hybridized carbons (Fsp3) is 0.424. The molecule has 7 heteroatoms. The third kappa shape index (κ3) is 6.99. The molecule has 206 valence electrons. The zero-order chi connectivity index (χ0) is 27.7. The van der Waals surface area contributed by atoms with Crippen molar-refractivity contribution in [2.45, 2.75) is 38.1 Å². The molecular weight excluding hydrogens is 498 g/mol. The van der Waals surface area contributed by atoms with Crippen LogP contribution in [0.1, 0.15) is 53.1 Å². The average Bonchev–Trinajstić information content (AvgIpc) is 2.98. The van der Waals surface area contributed by atoms with E-state index >= 15 is 0 Å². The second-order valence-corrected chi connectivity index (χ2v) is 10.7. The number of ether oxygens (including phenoxy) is 2. The number of rotatable bonds is 9. The Morgan fingerprint density at radius 3 is 2.17 bits per heavy atom. The molecule has 1 aromatic heterocycles. The van der Waals surface area contributed by atoms with Gasteiger partial charge in [0.05, 0.1) is 31.9 Å². The summed E-state index contributed by atoms with van der Waals surface area (Å²) in [6, 6.07) is 19.5. The molecule has 2 aliphatic heterocycles. The average molecular weight is 536 g/mol. The molecule has 0 unspecified atom stereocenters. The topological polar surface area (TPSA) is 74.5 Å². The normalized spacial score (nSPS) is 16.7. The van der Waals surface area contributed by atoms with E-state index in [1.807, 2.05) is 0 Å². The van der Waals surface area contributed by atoms with Gasteiger partial charge in [0.2, 0.25) is 5.75 Å². The van der Waals surface area contributed by atoms with Gasteiger partial charge >= 0.3 is 0 Å². The lowest BCUT2D eigenvalue weighted by molar-refractivity contribution is 0.125. The second-order valence-electron chi connectivity index (χ2n) is 10.7. The summed E-state index contributed by atoms with van der Waals surface area (Å²) in [4.78, 5) is 13.6. The van der Waals surface area contributed by atoms with Crippen LogP contribution in [0.2, 0.25) is 0 Å². The van der Waals surface area contributed by atoms with Gasteiger partial charge in [-0.2, -0.15) is 10.2 Å². The van der Waals surface area contributed by atoms with Gasteiger partial charge in [-0.1, -0.05) is 42.5 Å². The van der Waals surface area contributed by atoms with Crippen LogP contribution in [0, 0.1) is 29.1 Å². The lowest BCUT2D eigenvalue weighted by Crippen LogP contribution is -2.47. The van der Waals surface area contributed by atoms with E-state index < -0.39 is 0 Å². The molecule has 2 aliphatic rings. The largest absolute Gasteiger partial charge is 0.490 e. The molecule has 7 nitrogen and oxygen atoms in total. The van der Waals surface area contributed by atoms with Gasteiger partial charge in [0.1, 0.15) is 6.33 Å². The molecule has 0 aliphatic carbocycles. The molecule has 2 aromatic carbocycles. The van der Waals surface area contributed by atoms with Gasteiger partial charge < -0.3 is 14.4 Å². The number of nitriles is 1. The number of benzene rings is 2. The predicted molar refractivity (Wildman–Crippen MR) is 155 cm³/mol. The zero-order valence-corrected chi connectivity index (χ0v) is 23.5. The van der Waals surface area contributed by atoms with Crippen molar-refractivity contribution in [3.8, 4) is 29.5 Å². The first-order valence-corrected chi connectivity index (χ1v) is 14.1. The van der Waals surface area contributed by atoms with E-state index in [1.165, 1.54) is 49.8 Å². The molecule has 5 rings (SSSR count). The highest BCUT2D eigenvalue weighted by Gasteiger charge is 2.30. The molecular formula is C33H37N5O2. The summed E-state index contributed by atoms with van der Waals surface area (Å²) in [6.07, 6.45) is 6.17. The molecule has 0 radical (unpaired) electrons. The fourth-order valence-corrected chi connectivity index (χ4v) is 5.57. The van der Waals surface area contributed by atoms with Crippen molar-refractivity contribution in [2.24, 2.45) is 5.92 Å². The van der Waals surface area contributed by atoms with Crippen LogP contribution in [0.25, 0.3) is 0 Å². The second kappa shape index (κ2) is 13.4. The number of methoxy groups -OCH3 is 2. The van der Waals surface area contributed by atoms with Crippen molar-refractivity contribution in [2.75, 3.05) is 46.9 Å². The summed E-state index contributed by atoms with van der Waals surface area (Å²) in [5, 5.41) is 9.22. The Hall–Kier alpha value is -3.91. The minimum absolute atomic E-state index is 0.116. The number of piperidine rings is 1. The Kier molecular flexibility index (Phi) is 9.29. The molecule has 1 atom stereocenters. The lowest BCUT2D eigenvalue weighted by atomic mass is 9.90. The Morgan fingerprint density at radius 1 is 0.875 bits per heavy atom. The van der Waals surface area contributed by atoms with Crippen LogP contribution in [0.3, 0.4) is 0 Å². The molecule has 0 bridgehead atoms. The van der Waals surface area contributed by atoms with Crippen LogP contribution in [-0.2, 0) is 13.0 Å². The molecule has 0 N–H and O–H groups in total. The Labute approximate surface area is 237 Å². The zero-order valence-electron chi connectivity index (χ0n) is 23.5. The highest BCUT2D eigenvalue weighted by molar-refractivity contribution is 5.45. The summed E-state index contributed by atoms with van der Waals surface area (Å²) in [6.45, 7) is 5.88. The first-order chi connectivity index (χ1) is 19.6. The molecule has 0 saturated carbocycles. The summed E-state index contributed by atoms with van der Waals surface area (Å²) in [7, 11) is 3.19. The van der Waals surface area contributed by atoms with Gasteiger partial charge in [-0.25, -0.2) is 4.98 Å². The summed E-state index contributed by atoms with van der Waals surface area (Å²) >= 11 is 0. The van der Waals surface area contributed by atoms with Gasteiger partial charge in [0.25, 0.3) is 5.88 Å². The first-order valence-electron chi connectivity index (χ1n) is 14.1. The van der Waals surface area contributed by atoms with Crippen LogP contribution in [0.4, 0.5) is 0 Å². The van der Waals surface area contributed by atoms with Crippen molar-refractivity contribution >= 4 is 0 Å². The lowest BCUT2D eigenvalue weighted by Gasteiger charge is -2.38. The Bertz CT molecular complexity index is 1360. The maximum atomic E-state index is 9.22. The van der Waals surface area contributed by atoms with Crippen LogP contribution < -0.4 is 9.47 Å². The molecule has 2 saturated heterocycles. The van der Waals surface area contributed by atoms with Crippen LogP contribution >= 0.6 is 0 Å². The standard InChI is InChI=1S/C33H37N5O2/c1-39-32-31(35-24-36-33(32)40-2)18-30(23-38-21-28(19-34)22-38)29-14-12-26(13-15-29)7-6-25-8-10-27(11-9-25)20-37-16-4-3-5-17-37/h8-15,24,28,30H,3-5,16-18,20-23H2,1-2H3/t30-/m1/s1. The smallest absolute Gasteiger partial charge is 0.260 e. The fourth-order valence-electron chi connectivity index (χ4n) is 5.57. The maximum Gasteiger partial charge on any atom is 0.260 e. The molecule has 3 heterocycles. The Balaban J connectivity index is 1.28. The van der Waals surface area contributed by atoms with Gasteiger partial charge in [0.15, 0.2) is 0 Å². The Morgan fingerprint density at radius 2 is 1.55 bits per heavy atom. The highest BCUT2D eigenvalue weighted by Crippen LogP contribution is 2.32. The monoisotopic (exact) mass is 535 g/mol. The minimum Gasteiger partial charge on any atom is -0.490 e. The van der Waals surface area contributed by atoms with Crippen LogP contribution in [-0.4, -0.2) is 66.7 Å². The van der Waals surface area contributed by atoms with E-state index in [1.54, 1.807) is 14.2 Å². The van der Waals surface area contributed by atoms with E-state index in [0.29, 0.717) is 18.1 Å².